The predicted octanol–water partition coefficient (Wildman–Crippen LogP) is 1.91. The Morgan fingerprint density at radius 2 is 1.33 bits per heavy atom. The number of hydrogen-bond donors (Lipinski definition) is 1. The molecule has 1 unspecified atom stereocenters. The van der Waals surface area contributed by atoms with Crippen LogP contribution in [-0.2, 0) is 6.54 Å². The van der Waals surface area contributed by atoms with Crippen molar-refractivity contribution in [3.05, 3.63) is 90.5 Å². The van der Waals surface area contributed by atoms with Gasteiger partial charge in [0.05, 0.1) is 13.1 Å². The molecule has 0 radical (unpaired) electrons. The normalized spacial score (nSPS) is 15.9. The molecule has 1 aliphatic rings. The Bertz CT molecular complexity index is 878. The van der Waals surface area contributed by atoms with Gasteiger partial charge in [-0.2, -0.15) is 0 Å². The van der Waals surface area contributed by atoms with Crippen LogP contribution in [0.1, 0.15) is 18.4 Å². The van der Waals surface area contributed by atoms with Crippen LogP contribution in [0, 0.1) is 0 Å². The Morgan fingerprint density at radius 1 is 0.767 bits per heavy atom. The highest BCUT2D eigenvalue weighted by atomic mass is 35.5. The molecule has 0 amide bonds. The molecule has 0 aromatic heterocycles. The number of hydrogen-bond acceptors (Lipinski definition) is 2. The lowest BCUT2D eigenvalue weighted by Crippen LogP contribution is -3.00. The third kappa shape index (κ3) is 5.85. The van der Waals surface area contributed by atoms with E-state index in [1.807, 2.05) is 30.3 Å². The SMILES string of the molecule is OC(COc1ccc(-c2ccccc2)cc1)C[N+]1(Cc2ccccc2)CCCC1.[Cl-]. The maximum atomic E-state index is 10.7. The highest BCUT2D eigenvalue weighted by Gasteiger charge is 2.34. The van der Waals surface area contributed by atoms with Gasteiger partial charge in [-0.3, -0.25) is 0 Å². The van der Waals surface area contributed by atoms with E-state index in [1.54, 1.807) is 0 Å². The van der Waals surface area contributed by atoms with Crippen molar-refractivity contribution in [1.29, 1.82) is 0 Å². The first kappa shape index (κ1) is 22.4. The van der Waals surface area contributed by atoms with Crippen LogP contribution in [0.5, 0.6) is 5.75 Å². The lowest BCUT2D eigenvalue weighted by Gasteiger charge is -2.36. The van der Waals surface area contributed by atoms with Crippen molar-refractivity contribution in [2.24, 2.45) is 0 Å². The smallest absolute Gasteiger partial charge is 0.137 e. The van der Waals surface area contributed by atoms with Crippen molar-refractivity contribution >= 4 is 0 Å². The molecule has 1 atom stereocenters. The summed E-state index contributed by atoms with van der Waals surface area (Å²) in [5.41, 5.74) is 3.71. The summed E-state index contributed by atoms with van der Waals surface area (Å²) in [7, 11) is 0. The summed E-state index contributed by atoms with van der Waals surface area (Å²) in [5, 5.41) is 10.7. The van der Waals surface area contributed by atoms with Gasteiger partial charge in [0.15, 0.2) is 0 Å². The Hall–Kier alpha value is -2.33. The molecule has 3 aromatic rings. The molecule has 0 saturated carbocycles. The van der Waals surface area contributed by atoms with Crippen molar-refractivity contribution in [3.8, 4) is 16.9 Å². The Kier molecular flexibility index (Phi) is 7.92. The summed E-state index contributed by atoms with van der Waals surface area (Å²) in [5.74, 6) is 0.805. The molecule has 0 bridgehead atoms. The van der Waals surface area contributed by atoms with Gasteiger partial charge in [-0.1, -0.05) is 72.8 Å². The van der Waals surface area contributed by atoms with Crippen molar-refractivity contribution in [1.82, 2.24) is 0 Å². The zero-order valence-electron chi connectivity index (χ0n) is 17.3. The van der Waals surface area contributed by atoms with Crippen LogP contribution >= 0.6 is 0 Å². The molecular weight excluding hydrogens is 394 g/mol. The van der Waals surface area contributed by atoms with Gasteiger partial charge in [-0.05, 0) is 23.3 Å². The average Bonchev–Trinajstić information content (AvgIpc) is 3.22. The summed E-state index contributed by atoms with van der Waals surface area (Å²) in [6, 6.07) is 29.1. The van der Waals surface area contributed by atoms with E-state index in [0.29, 0.717) is 6.61 Å². The van der Waals surface area contributed by atoms with Crippen LogP contribution in [0.15, 0.2) is 84.9 Å². The second-order valence-corrected chi connectivity index (χ2v) is 8.18. The molecule has 30 heavy (non-hydrogen) atoms. The molecule has 1 saturated heterocycles. The summed E-state index contributed by atoms with van der Waals surface area (Å²) < 4.78 is 6.86. The van der Waals surface area contributed by atoms with Crippen molar-refractivity contribution in [2.75, 3.05) is 26.2 Å². The molecule has 0 aliphatic carbocycles. The van der Waals surface area contributed by atoms with E-state index in [4.69, 9.17) is 4.74 Å². The van der Waals surface area contributed by atoms with Crippen LogP contribution in [0.2, 0.25) is 0 Å². The van der Waals surface area contributed by atoms with E-state index in [1.165, 1.54) is 29.5 Å². The van der Waals surface area contributed by atoms with Crippen LogP contribution in [-0.4, -0.2) is 41.9 Å². The van der Waals surface area contributed by atoms with E-state index in [9.17, 15) is 5.11 Å². The van der Waals surface area contributed by atoms with Gasteiger partial charge in [0.25, 0.3) is 0 Å². The first-order chi connectivity index (χ1) is 14.2. The fourth-order valence-corrected chi connectivity index (χ4v) is 4.45. The maximum absolute atomic E-state index is 10.7. The molecule has 1 fully saturated rings. The number of aliphatic hydroxyl groups is 1. The standard InChI is InChI=1S/C26H30NO2.ClH/c28-25(20-27(17-7-8-18-27)19-22-9-3-1-4-10-22)21-29-26-15-13-24(14-16-26)23-11-5-2-6-12-23;/h1-6,9-16,25,28H,7-8,17-21H2;1H/q+1;/p-1. The van der Waals surface area contributed by atoms with Gasteiger partial charge in [0.2, 0.25) is 0 Å². The first-order valence-electron chi connectivity index (χ1n) is 10.6. The van der Waals surface area contributed by atoms with Crippen LogP contribution in [0.25, 0.3) is 11.1 Å². The predicted molar refractivity (Wildman–Crippen MR) is 118 cm³/mol. The number of nitrogens with zero attached hydrogens (tertiary/aromatic N) is 1. The summed E-state index contributed by atoms with van der Waals surface area (Å²) >= 11 is 0. The zero-order valence-corrected chi connectivity index (χ0v) is 18.0. The maximum Gasteiger partial charge on any atom is 0.137 e. The Labute approximate surface area is 185 Å². The Morgan fingerprint density at radius 3 is 1.97 bits per heavy atom. The van der Waals surface area contributed by atoms with Crippen LogP contribution in [0.3, 0.4) is 0 Å². The van der Waals surface area contributed by atoms with E-state index in [2.05, 4.69) is 54.6 Å². The molecule has 3 nitrogen and oxygen atoms in total. The number of halogens is 1. The van der Waals surface area contributed by atoms with Gasteiger partial charge < -0.3 is 26.7 Å². The molecule has 3 aromatic carbocycles. The second kappa shape index (κ2) is 10.6. The number of likely N-dealkylation sites (tertiary alicyclic amines) is 1. The molecule has 0 spiro atoms. The summed E-state index contributed by atoms with van der Waals surface area (Å²) in [6.07, 6.45) is 2.01. The van der Waals surface area contributed by atoms with E-state index >= 15 is 0 Å². The molecular formula is C26H30ClNO2. The van der Waals surface area contributed by atoms with Crippen molar-refractivity contribution in [3.63, 3.8) is 0 Å². The van der Waals surface area contributed by atoms with E-state index < -0.39 is 6.10 Å². The fraction of sp³-hybridized carbons (Fsp3) is 0.308. The highest BCUT2D eigenvalue weighted by Crippen LogP contribution is 2.25. The third-order valence-electron chi connectivity index (χ3n) is 5.88. The topological polar surface area (TPSA) is 29.5 Å². The monoisotopic (exact) mass is 423 g/mol. The quantitative estimate of drug-likeness (QED) is 0.561. The van der Waals surface area contributed by atoms with Gasteiger partial charge in [-0.25, -0.2) is 0 Å². The van der Waals surface area contributed by atoms with Gasteiger partial charge in [0, 0.05) is 18.4 Å². The number of benzene rings is 3. The van der Waals surface area contributed by atoms with Gasteiger partial charge >= 0.3 is 0 Å². The minimum absolute atomic E-state index is 0. The second-order valence-electron chi connectivity index (χ2n) is 8.18. The number of aliphatic hydroxyl groups excluding tert-OH is 1. The fourth-order valence-electron chi connectivity index (χ4n) is 4.45. The minimum atomic E-state index is -0.467. The zero-order chi connectivity index (χ0) is 19.9. The van der Waals surface area contributed by atoms with Gasteiger partial charge in [0.1, 0.15) is 31.5 Å². The van der Waals surface area contributed by atoms with Gasteiger partial charge in [-0.15, -0.1) is 0 Å². The molecule has 158 valence electrons. The highest BCUT2D eigenvalue weighted by molar-refractivity contribution is 5.63. The Balaban J connectivity index is 0.00000256. The lowest BCUT2D eigenvalue weighted by atomic mass is 10.1. The van der Waals surface area contributed by atoms with E-state index in [-0.39, 0.29) is 12.4 Å². The summed E-state index contributed by atoms with van der Waals surface area (Å²) in [6.45, 7) is 4.34. The van der Waals surface area contributed by atoms with Crippen molar-refractivity contribution < 1.29 is 26.7 Å². The van der Waals surface area contributed by atoms with Crippen LogP contribution in [0.4, 0.5) is 0 Å². The molecule has 1 aliphatic heterocycles. The number of quaternary nitrogens is 1. The first-order valence-corrected chi connectivity index (χ1v) is 10.6. The van der Waals surface area contributed by atoms with Crippen LogP contribution < -0.4 is 17.1 Å². The third-order valence-corrected chi connectivity index (χ3v) is 5.88. The molecule has 1 N–H and O–H groups in total. The largest absolute Gasteiger partial charge is 1.00 e. The number of ether oxygens (including phenoxy) is 1. The minimum Gasteiger partial charge on any atom is -1.00 e. The average molecular weight is 424 g/mol. The summed E-state index contributed by atoms with van der Waals surface area (Å²) in [4.78, 5) is 0. The van der Waals surface area contributed by atoms with E-state index in [0.717, 1.165) is 36.4 Å². The molecule has 4 heteroatoms. The number of rotatable bonds is 8. The van der Waals surface area contributed by atoms with Crippen molar-refractivity contribution in [2.45, 2.75) is 25.5 Å². The lowest BCUT2D eigenvalue weighted by molar-refractivity contribution is -0.932. The molecule has 1 heterocycles. The molecule has 4 rings (SSSR count).